The van der Waals surface area contributed by atoms with E-state index in [0.717, 1.165) is 4.68 Å². The lowest BCUT2D eigenvalue weighted by atomic mass is 9.98. The molecule has 0 amide bonds. The highest BCUT2D eigenvalue weighted by molar-refractivity contribution is 4.95. The van der Waals surface area contributed by atoms with Crippen LogP contribution in [0.5, 0.6) is 0 Å². The molecule has 1 fully saturated rings. The van der Waals surface area contributed by atoms with Crippen molar-refractivity contribution in [3.05, 3.63) is 11.9 Å². The monoisotopic (exact) mass is 261 g/mol. The van der Waals surface area contributed by atoms with Gasteiger partial charge in [-0.1, -0.05) is 5.21 Å². The SMILES string of the molecule is OCc1cn([C@@H]2O[C@H](CO)[C@@H](O)[C@H](O)[C@@H]2O)nn1. The fourth-order valence-electron chi connectivity index (χ4n) is 1.81. The first-order chi connectivity index (χ1) is 8.58. The molecule has 2 heterocycles. The lowest BCUT2D eigenvalue weighted by Crippen LogP contribution is -2.56. The molecule has 5 atom stereocenters. The molecule has 1 aliphatic rings. The smallest absolute Gasteiger partial charge is 0.180 e. The minimum atomic E-state index is -1.47. The van der Waals surface area contributed by atoms with Gasteiger partial charge < -0.3 is 30.3 Å². The first-order valence-corrected chi connectivity index (χ1v) is 5.40. The third kappa shape index (κ3) is 2.23. The summed E-state index contributed by atoms with van der Waals surface area (Å²) in [6.45, 7) is -0.833. The Kier molecular flexibility index (Phi) is 3.90. The maximum atomic E-state index is 9.79. The van der Waals surface area contributed by atoms with E-state index in [4.69, 9.17) is 14.9 Å². The number of hydrogen-bond acceptors (Lipinski definition) is 8. The fraction of sp³-hybridized carbons (Fsp3) is 0.778. The van der Waals surface area contributed by atoms with Crippen LogP contribution in [0, 0.1) is 0 Å². The van der Waals surface area contributed by atoms with Crippen LogP contribution in [0.2, 0.25) is 0 Å². The van der Waals surface area contributed by atoms with Gasteiger partial charge >= 0.3 is 0 Å². The van der Waals surface area contributed by atoms with Crippen molar-refractivity contribution in [2.24, 2.45) is 0 Å². The standard InChI is InChI=1S/C9H15N3O6/c13-2-4-1-12(11-10-4)9-8(17)7(16)6(15)5(3-14)18-9/h1,5-9,13-17H,2-3H2/t5-,6-,7+,8+,9-/m1/s1. The number of aliphatic hydroxyl groups is 5. The Morgan fingerprint density at radius 1 is 1.17 bits per heavy atom. The molecule has 18 heavy (non-hydrogen) atoms. The van der Waals surface area contributed by atoms with Crippen LogP contribution in [0.1, 0.15) is 11.9 Å². The van der Waals surface area contributed by atoms with E-state index in [0.29, 0.717) is 0 Å². The van der Waals surface area contributed by atoms with Crippen molar-refractivity contribution in [1.82, 2.24) is 15.0 Å². The lowest BCUT2D eigenvalue weighted by Gasteiger charge is -2.39. The summed E-state index contributed by atoms with van der Waals surface area (Å²) < 4.78 is 6.36. The van der Waals surface area contributed by atoms with E-state index in [2.05, 4.69) is 10.3 Å². The van der Waals surface area contributed by atoms with Crippen molar-refractivity contribution in [2.75, 3.05) is 6.61 Å². The Morgan fingerprint density at radius 2 is 1.89 bits per heavy atom. The van der Waals surface area contributed by atoms with Crippen molar-refractivity contribution in [3.8, 4) is 0 Å². The van der Waals surface area contributed by atoms with Crippen LogP contribution in [0.4, 0.5) is 0 Å². The Balaban J connectivity index is 2.21. The molecule has 2 rings (SSSR count). The number of aliphatic hydroxyl groups excluding tert-OH is 5. The highest BCUT2D eigenvalue weighted by Gasteiger charge is 2.44. The molecule has 0 radical (unpaired) electrons. The van der Waals surface area contributed by atoms with E-state index >= 15 is 0 Å². The molecule has 5 N–H and O–H groups in total. The zero-order valence-corrected chi connectivity index (χ0v) is 9.36. The van der Waals surface area contributed by atoms with Gasteiger partial charge in [-0.2, -0.15) is 0 Å². The number of hydrogen-bond donors (Lipinski definition) is 5. The van der Waals surface area contributed by atoms with Crippen LogP contribution in [0.3, 0.4) is 0 Å². The number of nitrogens with zero attached hydrogens (tertiary/aromatic N) is 3. The van der Waals surface area contributed by atoms with Gasteiger partial charge in [-0.05, 0) is 0 Å². The fourth-order valence-corrected chi connectivity index (χ4v) is 1.81. The largest absolute Gasteiger partial charge is 0.394 e. The second kappa shape index (κ2) is 5.26. The van der Waals surface area contributed by atoms with Gasteiger partial charge in [0, 0.05) is 0 Å². The number of aromatic nitrogens is 3. The van der Waals surface area contributed by atoms with Gasteiger partial charge in [0.1, 0.15) is 30.1 Å². The highest BCUT2D eigenvalue weighted by Crippen LogP contribution is 2.27. The van der Waals surface area contributed by atoms with Crippen LogP contribution < -0.4 is 0 Å². The molecule has 9 heteroatoms. The van der Waals surface area contributed by atoms with E-state index in [1.165, 1.54) is 6.20 Å². The van der Waals surface area contributed by atoms with E-state index in [-0.39, 0.29) is 12.3 Å². The molecule has 1 saturated heterocycles. The molecule has 1 aromatic rings. The van der Waals surface area contributed by atoms with Crippen LogP contribution in [-0.4, -0.2) is 71.5 Å². The van der Waals surface area contributed by atoms with Gasteiger partial charge in [0.05, 0.1) is 19.4 Å². The molecule has 0 saturated carbocycles. The molecular formula is C9H15N3O6. The molecule has 0 aromatic carbocycles. The summed E-state index contributed by atoms with van der Waals surface area (Å²) >= 11 is 0. The van der Waals surface area contributed by atoms with E-state index < -0.39 is 37.3 Å². The van der Waals surface area contributed by atoms with Gasteiger partial charge in [-0.3, -0.25) is 0 Å². The third-order valence-corrected chi connectivity index (χ3v) is 2.85. The maximum absolute atomic E-state index is 9.79. The topological polar surface area (TPSA) is 141 Å². The molecule has 0 aliphatic carbocycles. The maximum Gasteiger partial charge on any atom is 0.180 e. The van der Waals surface area contributed by atoms with E-state index in [1.807, 2.05) is 0 Å². The molecule has 9 nitrogen and oxygen atoms in total. The highest BCUT2D eigenvalue weighted by atomic mass is 16.6. The predicted octanol–water partition coefficient (Wildman–Crippen LogP) is -3.26. The molecule has 0 spiro atoms. The molecule has 102 valence electrons. The van der Waals surface area contributed by atoms with Gasteiger partial charge in [0.15, 0.2) is 6.23 Å². The average molecular weight is 261 g/mol. The van der Waals surface area contributed by atoms with Crippen molar-refractivity contribution in [2.45, 2.75) is 37.3 Å². The number of rotatable bonds is 3. The summed E-state index contributed by atoms with van der Waals surface area (Å²) in [6, 6.07) is 0. The Bertz CT molecular complexity index is 397. The molecule has 0 bridgehead atoms. The van der Waals surface area contributed by atoms with Crippen molar-refractivity contribution >= 4 is 0 Å². The first-order valence-electron chi connectivity index (χ1n) is 5.40. The van der Waals surface area contributed by atoms with Gasteiger partial charge in [0.2, 0.25) is 0 Å². The molecule has 0 unspecified atom stereocenters. The van der Waals surface area contributed by atoms with Crippen LogP contribution in [0.15, 0.2) is 6.20 Å². The average Bonchev–Trinajstić information content (AvgIpc) is 2.85. The lowest BCUT2D eigenvalue weighted by molar-refractivity contribution is -0.254. The van der Waals surface area contributed by atoms with Crippen molar-refractivity contribution in [1.29, 1.82) is 0 Å². The third-order valence-electron chi connectivity index (χ3n) is 2.85. The zero-order valence-electron chi connectivity index (χ0n) is 9.36. The predicted molar refractivity (Wildman–Crippen MR) is 55.0 cm³/mol. The molecule has 1 aromatic heterocycles. The molecule has 1 aliphatic heterocycles. The summed E-state index contributed by atoms with van der Waals surface area (Å²) in [5, 5.41) is 54.1. The summed E-state index contributed by atoms with van der Waals surface area (Å²) in [5.74, 6) is 0. The zero-order chi connectivity index (χ0) is 13.3. The van der Waals surface area contributed by atoms with Crippen LogP contribution >= 0.6 is 0 Å². The normalized spacial score (nSPS) is 36.8. The second-order valence-corrected chi connectivity index (χ2v) is 4.07. The molecular weight excluding hydrogens is 246 g/mol. The Morgan fingerprint density at radius 3 is 2.44 bits per heavy atom. The Labute approximate surface area is 102 Å². The summed E-state index contributed by atoms with van der Waals surface area (Å²) in [6.07, 6.45) is -5.06. The number of ether oxygens (including phenoxy) is 1. The van der Waals surface area contributed by atoms with Gasteiger partial charge in [-0.15, -0.1) is 5.10 Å². The van der Waals surface area contributed by atoms with Crippen molar-refractivity contribution < 1.29 is 30.3 Å². The minimum Gasteiger partial charge on any atom is -0.394 e. The minimum absolute atomic E-state index is 0.270. The van der Waals surface area contributed by atoms with Crippen molar-refractivity contribution in [3.63, 3.8) is 0 Å². The quantitative estimate of drug-likeness (QED) is 0.382. The van der Waals surface area contributed by atoms with E-state index in [9.17, 15) is 15.3 Å². The summed E-state index contributed by atoms with van der Waals surface area (Å²) in [4.78, 5) is 0. The Hall–Kier alpha value is -1.10. The second-order valence-electron chi connectivity index (χ2n) is 4.07. The summed E-state index contributed by atoms with van der Waals surface area (Å²) in [5.41, 5.74) is 0.270. The van der Waals surface area contributed by atoms with Crippen LogP contribution in [0.25, 0.3) is 0 Å². The summed E-state index contributed by atoms with van der Waals surface area (Å²) in [7, 11) is 0. The van der Waals surface area contributed by atoms with E-state index in [1.54, 1.807) is 0 Å². The van der Waals surface area contributed by atoms with Crippen LogP contribution in [-0.2, 0) is 11.3 Å². The first kappa shape index (κ1) is 13.3. The van der Waals surface area contributed by atoms with Gasteiger partial charge in [-0.25, -0.2) is 4.68 Å². The van der Waals surface area contributed by atoms with Gasteiger partial charge in [0.25, 0.3) is 0 Å².